The van der Waals surface area contributed by atoms with Gasteiger partial charge in [-0.15, -0.1) is 0 Å². The van der Waals surface area contributed by atoms with Gasteiger partial charge in [0, 0.05) is 24.2 Å². The molecule has 2 aliphatic heterocycles. The summed E-state index contributed by atoms with van der Waals surface area (Å²) in [6.07, 6.45) is 5.12. The zero-order valence-electron chi connectivity index (χ0n) is 7.86. The van der Waals surface area contributed by atoms with Gasteiger partial charge in [0.25, 0.3) is 0 Å². The first-order valence-electron chi connectivity index (χ1n) is 4.57. The fourth-order valence-corrected chi connectivity index (χ4v) is 1.76. The minimum Gasteiger partial charge on any atom is -0.347 e. The summed E-state index contributed by atoms with van der Waals surface area (Å²) in [5, 5.41) is 1.21. The van der Waals surface area contributed by atoms with E-state index >= 15 is 0 Å². The van der Waals surface area contributed by atoms with E-state index in [1.165, 1.54) is 10.9 Å². The maximum Gasteiger partial charge on any atom is 0.0878 e. The Morgan fingerprint density at radius 2 is 2.14 bits per heavy atom. The molecule has 1 aromatic carbocycles. The fourth-order valence-electron chi connectivity index (χ4n) is 1.76. The molecule has 0 bridgehead atoms. The highest BCUT2D eigenvalue weighted by atomic mass is 14.9. The van der Waals surface area contributed by atoms with Crippen molar-refractivity contribution in [1.29, 1.82) is 0 Å². The van der Waals surface area contributed by atoms with Crippen molar-refractivity contribution in [2.45, 2.75) is 0 Å². The van der Waals surface area contributed by atoms with Crippen LogP contribution in [0.2, 0.25) is 0 Å². The minimum absolute atomic E-state index is 1.03. The lowest BCUT2D eigenvalue weighted by molar-refractivity contribution is 0.893. The maximum atomic E-state index is 4.54. The summed E-state index contributed by atoms with van der Waals surface area (Å²) in [5.74, 6) is 0. The third kappa shape index (κ3) is 0.940. The van der Waals surface area contributed by atoms with Crippen LogP contribution < -0.4 is 0 Å². The smallest absolute Gasteiger partial charge is 0.0878 e. The lowest BCUT2D eigenvalue weighted by Crippen LogP contribution is -1.90. The monoisotopic (exact) mass is 181 g/mol. The highest BCUT2D eigenvalue weighted by Gasteiger charge is 2.10. The number of aryl methyl sites for hydroxylation is 1. The molecule has 2 nitrogen and oxygen atoms in total. The van der Waals surface area contributed by atoms with Crippen molar-refractivity contribution >= 4 is 10.9 Å². The van der Waals surface area contributed by atoms with Gasteiger partial charge in [0.15, 0.2) is 0 Å². The van der Waals surface area contributed by atoms with Gasteiger partial charge in [-0.3, -0.25) is 0 Å². The van der Waals surface area contributed by atoms with Crippen molar-refractivity contribution in [2.24, 2.45) is 7.05 Å². The number of nitrogens with zero attached hydrogens (tertiary/aromatic N) is 2. The summed E-state index contributed by atoms with van der Waals surface area (Å²) in [6, 6.07) is 10.2. The van der Waals surface area contributed by atoms with Crippen LogP contribution in [0.15, 0.2) is 36.5 Å². The molecule has 0 saturated heterocycles. The Morgan fingerprint density at radius 3 is 3.07 bits per heavy atom. The number of rotatable bonds is 0. The second-order valence-electron chi connectivity index (χ2n) is 3.44. The van der Waals surface area contributed by atoms with E-state index in [-0.39, 0.29) is 0 Å². The number of pyridine rings is 1. The van der Waals surface area contributed by atoms with Crippen molar-refractivity contribution < 1.29 is 0 Å². The van der Waals surface area contributed by atoms with E-state index in [4.69, 9.17) is 0 Å². The number of aromatic nitrogens is 2. The average Bonchev–Trinajstić information content (AvgIpc) is 2.54. The van der Waals surface area contributed by atoms with E-state index in [1.54, 1.807) is 0 Å². The third-order valence-corrected chi connectivity index (χ3v) is 2.44. The molecule has 0 atom stereocenters. The predicted octanol–water partition coefficient (Wildman–Crippen LogP) is 2.48. The van der Waals surface area contributed by atoms with Crippen molar-refractivity contribution in [2.75, 3.05) is 0 Å². The molecular weight excluding hydrogens is 172 g/mol. The van der Waals surface area contributed by atoms with Gasteiger partial charge in [0.2, 0.25) is 0 Å². The molecule has 1 radical (unpaired) electrons. The van der Waals surface area contributed by atoms with Crippen LogP contribution >= 0.6 is 0 Å². The highest BCUT2D eigenvalue weighted by molar-refractivity contribution is 5.96. The van der Waals surface area contributed by atoms with E-state index in [2.05, 4.69) is 17.2 Å². The molecule has 0 aliphatic carbocycles. The zero-order valence-corrected chi connectivity index (χ0v) is 7.86. The number of fused-ring (bicyclic) bond motifs is 3. The molecule has 14 heavy (non-hydrogen) atoms. The normalized spacial score (nSPS) is 11.2. The number of hydrogen-bond donors (Lipinski definition) is 0. The van der Waals surface area contributed by atoms with Crippen LogP contribution in [0.3, 0.4) is 0 Å². The molecule has 0 unspecified atom stereocenters. The molecule has 0 N–H and O–H groups in total. The molecule has 2 heterocycles. The summed E-state index contributed by atoms with van der Waals surface area (Å²) in [7, 11) is 1.96. The SMILES string of the molecule is Cn1[c]cc2c3ccccc3nc-2c1. The standard InChI is InChI=1S/C12H9N2/c1-14-7-6-10-9-4-2-3-5-11(9)13-12(10)8-14/h2-6,8H,1H3. The number of para-hydroxylation sites is 1. The van der Waals surface area contributed by atoms with Crippen molar-refractivity contribution in [3.63, 3.8) is 0 Å². The van der Waals surface area contributed by atoms with Gasteiger partial charge in [-0.25, -0.2) is 4.98 Å². The van der Waals surface area contributed by atoms with E-state index in [0.29, 0.717) is 0 Å². The molecule has 0 saturated carbocycles. The molecule has 2 heteroatoms. The number of benzene rings is 1. The summed E-state index contributed by atoms with van der Waals surface area (Å²) in [4.78, 5) is 4.54. The lowest BCUT2D eigenvalue weighted by atomic mass is 10.1. The molecular formula is C12H9N2. The van der Waals surface area contributed by atoms with Crippen LogP contribution in [0.4, 0.5) is 0 Å². The molecule has 0 fully saturated rings. The Morgan fingerprint density at radius 1 is 1.29 bits per heavy atom. The van der Waals surface area contributed by atoms with E-state index in [1.807, 2.05) is 42.1 Å². The molecule has 2 aliphatic rings. The van der Waals surface area contributed by atoms with Gasteiger partial charge in [0.1, 0.15) is 0 Å². The van der Waals surface area contributed by atoms with Gasteiger partial charge in [-0.2, -0.15) is 0 Å². The molecule has 67 valence electrons. The second kappa shape index (κ2) is 2.58. The summed E-state index contributed by atoms with van der Waals surface area (Å²) < 4.78 is 1.90. The molecule has 0 aromatic heterocycles. The average molecular weight is 181 g/mol. The maximum absolute atomic E-state index is 4.54. The van der Waals surface area contributed by atoms with Crippen LogP contribution in [-0.2, 0) is 7.05 Å². The van der Waals surface area contributed by atoms with Crippen LogP contribution in [0.5, 0.6) is 0 Å². The van der Waals surface area contributed by atoms with Crippen LogP contribution in [0, 0.1) is 6.20 Å². The van der Waals surface area contributed by atoms with E-state index in [0.717, 1.165) is 11.2 Å². The van der Waals surface area contributed by atoms with E-state index < -0.39 is 0 Å². The van der Waals surface area contributed by atoms with Gasteiger partial charge in [0.05, 0.1) is 17.4 Å². The zero-order chi connectivity index (χ0) is 9.54. The molecule has 0 spiro atoms. The predicted molar refractivity (Wildman–Crippen MR) is 56.2 cm³/mol. The highest BCUT2D eigenvalue weighted by Crippen LogP contribution is 2.29. The van der Waals surface area contributed by atoms with Gasteiger partial charge in [-0.05, 0) is 12.1 Å². The molecule has 1 aromatic rings. The first kappa shape index (κ1) is 7.56. The lowest BCUT2D eigenvalue weighted by Gasteiger charge is -2.00. The molecule has 0 amide bonds. The Balaban J connectivity index is 2.50. The molecule has 3 rings (SSSR count). The number of hydrogen-bond acceptors (Lipinski definition) is 1. The van der Waals surface area contributed by atoms with Crippen LogP contribution in [-0.4, -0.2) is 9.55 Å². The Labute approximate surface area is 82.2 Å². The topological polar surface area (TPSA) is 17.8 Å². The Bertz CT molecular complexity index is 566. The summed E-state index contributed by atoms with van der Waals surface area (Å²) >= 11 is 0. The van der Waals surface area contributed by atoms with Gasteiger partial charge in [-0.1, -0.05) is 18.2 Å². The minimum atomic E-state index is 1.03. The first-order chi connectivity index (χ1) is 6.84. The van der Waals surface area contributed by atoms with Crippen LogP contribution in [0.25, 0.3) is 22.2 Å². The first-order valence-corrected chi connectivity index (χ1v) is 4.57. The van der Waals surface area contributed by atoms with Crippen molar-refractivity contribution in [1.82, 2.24) is 9.55 Å². The summed E-state index contributed by atoms with van der Waals surface area (Å²) in [5.41, 5.74) is 3.27. The largest absolute Gasteiger partial charge is 0.347 e. The fraction of sp³-hybridized carbons (Fsp3) is 0.0833. The van der Waals surface area contributed by atoms with Crippen molar-refractivity contribution in [3.8, 4) is 11.3 Å². The van der Waals surface area contributed by atoms with Gasteiger partial charge < -0.3 is 4.57 Å². The van der Waals surface area contributed by atoms with E-state index in [9.17, 15) is 0 Å². The quantitative estimate of drug-likeness (QED) is 0.521. The van der Waals surface area contributed by atoms with Crippen molar-refractivity contribution in [3.05, 3.63) is 42.7 Å². The Hall–Kier alpha value is -1.83. The van der Waals surface area contributed by atoms with Crippen LogP contribution in [0.1, 0.15) is 0 Å². The summed E-state index contributed by atoms with van der Waals surface area (Å²) in [6.45, 7) is 0. The van der Waals surface area contributed by atoms with Gasteiger partial charge >= 0.3 is 0 Å². The third-order valence-electron chi connectivity index (χ3n) is 2.44. The Kier molecular flexibility index (Phi) is 1.39. The second-order valence-corrected chi connectivity index (χ2v) is 3.44.